The Labute approximate surface area is 113 Å². The van der Waals surface area contributed by atoms with E-state index < -0.39 is 34.5 Å². The third kappa shape index (κ3) is 6.97. The average Bonchev–Trinajstić information content (AvgIpc) is 2.24. The smallest absolute Gasteiger partial charge is 0.412 e. The lowest BCUT2D eigenvalue weighted by Crippen LogP contribution is -2.53. The van der Waals surface area contributed by atoms with Crippen LogP contribution in [0.2, 0.25) is 0 Å². The van der Waals surface area contributed by atoms with Gasteiger partial charge in [-0.1, -0.05) is 0 Å². The number of carbonyl (C=O) groups excluding carboxylic acids is 2. The van der Waals surface area contributed by atoms with Gasteiger partial charge in [-0.15, -0.1) is 0 Å². The minimum Gasteiger partial charge on any atom is -0.466 e. The highest BCUT2D eigenvalue weighted by molar-refractivity contribution is 7.72. The molecule has 0 rings (SSSR count). The third-order valence-electron chi connectivity index (χ3n) is 1.93. The van der Waals surface area contributed by atoms with E-state index in [1.54, 1.807) is 20.8 Å². The number of hydrogen-bond acceptors (Lipinski definition) is 7. The van der Waals surface area contributed by atoms with Gasteiger partial charge in [-0.05, 0) is 20.8 Å². The highest BCUT2D eigenvalue weighted by atomic mass is 32.2. The van der Waals surface area contributed by atoms with Crippen LogP contribution in [0.3, 0.4) is 0 Å². The van der Waals surface area contributed by atoms with Crippen LogP contribution in [-0.2, 0) is 25.0 Å². The Bertz CT molecular complexity index is 393. The fourth-order valence-corrected chi connectivity index (χ4v) is 1.48. The molecule has 19 heavy (non-hydrogen) atoms. The zero-order valence-corrected chi connectivity index (χ0v) is 12.3. The molecule has 0 aliphatic carbocycles. The van der Waals surface area contributed by atoms with Gasteiger partial charge < -0.3 is 15.2 Å². The van der Waals surface area contributed by atoms with Crippen LogP contribution >= 0.6 is 0 Å². The van der Waals surface area contributed by atoms with Crippen molar-refractivity contribution >= 4 is 22.8 Å². The first kappa shape index (κ1) is 17.6. The second-order valence-corrected chi connectivity index (χ2v) is 5.81. The van der Waals surface area contributed by atoms with Crippen LogP contribution < -0.4 is 5.73 Å². The molecule has 0 radical (unpaired) electrons. The van der Waals surface area contributed by atoms with E-state index in [9.17, 15) is 18.0 Å². The summed E-state index contributed by atoms with van der Waals surface area (Å²) < 4.78 is 30.6. The van der Waals surface area contributed by atoms with E-state index in [1.807, 2.05) is 0 Å². The van der Waals surface area contributed by atoms with E-state index >= 15 is 0 Å². The number of rotatable bonds is 5. The van der Waals surface area contributed by atoms with Gasteiger partial charge in [-0.25, -0.2) is 18.0 Å². The fourth-order valence-electron chi connectivity index (χ4n) is 1.10. The molecule has 0 aromatic heterocycles. The molecule has 2 N–H and O–H groups in total. The van der Waals surface area contributed by atoms with E-state index in [-0.39, 0.29) is 12.3 Å². The minimum absolute atomic E-state index is 0.246. The zero-order chi connectivity index (χ0) is 15.2. The summed E-state index contributed by atoms with van der Waals surface area (Å²) in [4.78, 5) is 24.0. The standard InChI is InChI=1S/C10H20N2O6S/c1-10(2,3)18-9(14)12(5-6-19(15)16)7(11)8(13)17-4/h7,19H,5-6,11H2,1-4H3. The molecule has 0 spiro atoms. The summed E-state index contributed by atoms with van der Waals surface area (Å²) in [6.07, 6.45) is -2.28. The first-order chi connectivity index (χ1) is 8.58. The van der Waals surface area contributed by atoms with Gasteiger partial charge in [0.1, 0.15) is 16.3 Å². The molecule has 1 amide bonds. The molecule has 0 saturated heterocycles. The fraction of sp³-hybridized carbons (Fsp3) is 0.800. The van der Waals surface area contributed by atoms with Gasteiger partial charge in [0.15, 0.2) is 6.17 Å². The molecular weight excluding hydrogens is 276 g/mol. The van der Waals surface area contributed by atoms with Gasteiger partial charge in [0.25, 0.3) is 0 Å². The molecule has 0 aromatic carbocycles. The number of nitrogens with zero attached hydrogens (tertiary/aromatic N) is 1. The number of thiol groups is 1. The number of hydrogen-bond donors (Lipinski definition) is 2. The maximum Gasteiger partial charge on any atom is 0.412 e. The lowest BCUT2D eigenvalue weighted by molar-refractivity contribution is -0.146. The maximum absolute atomic E-state index is 11.9. The second-order valence-electron chi connectivity index (χ2n) is 4.70. The van der Waals surface area contributed by atoms with Crippen LogP contribution in [0.5, 0.6) is 0 Å². The second kappa shape index (κ2) is 7.29. The van der Waals surface area contributed by atoms with Gasteiger partial charge in [0.05, 0.1) is 12.9 Å². The van der Waals surface area contributed by atoms with Crippen molar-refractivity contribution in [2.45, 2.75) is 32.5 Å². The van der Waals surface area contributed by atoms with Crippen molar-refractivity contribution in [2.75, 3.05) is 19.4 Å². The molecule has 0 aliphatic rings. The Morgan fingerprint density at radius 3 is 2.21 bits per heavy atom. The minimum atomic E-state index is -2.70. The van der Waals surface area contributed by atoms with E-state index in [2.05, 4.69) is 4.74 Å². The highest BCUT2D eigenvalue weighted by Crippen LogP contribution is 2.11. The summed E-state index contributed by atoms with van der Waals surface area (Å²) in [7, 11) is -1.58. The van der Waals surface area contributed by atoms with E-state index in [0.29, 0.717) is 0 Å². The average molecular weight is 296 g/mol. The van der Waals surface area contributed by atoms with E-state index in [4.69, 9.17) is 10.5 Å². The predicted molar refractivity (Wildman–Crippen MR) is 68.1 cm³/mol. The number of amides is 1. The van der Waals surface area contributed by atoms with Crippen LogP contribution in [0.25, 0.3) is 0 Å². The topological polar surface area (TPSA) is 116 Å². The summed E-state index contributed by atoms with van der Waals surface area (Å²) in [5.41, 5.74) is 4.74. The zero-order valence-electron chi connectivity index (χ0n) is 11.4. The lowest BCUT2D eigenvalue weighted by atomic mass is 10.2. The summed E-state index contributed by atoms with van der Waals surface area (Å²) in [5.74, 6) is -1.17. The number of methoxy groups -OCH3 is 1. The molecule has 8 nitrogen and oxygen atoms in total. The summed E-state index contributed by atoms with van der Waals surface area (Å²) in [6, 6.07) is 0. The Morgan fingerprint density at radius 1 is 1.32 bits per heavy atom. The lowest BCUT2D eigenvalue weighted by Gasteiger charge is -2.29. The van der Waals surface area contributed by atoms with Crippen LogP contribution in [0.1, 0.15) is 20.8 Å². The molecular formula is C10H20N2O6S. The van der Waals surface area contributed by atoms with Crippen LogP contribution in [0, 0.1) is 0 Å². The largest absolute Gasteiger partial charge is 0.466 e. The molecule has 1 atom stereocenters. The van der Waals surface area contributed by atoms with Crippen LogP contribution in [0.4, 0.5) is 4.79 Å². The highest BCUT2D eigenvalue weighted by Gasteiger charge is 2.30. The Morgan fingerprint density at radius 2 is 1.84 bits per heavy atom. The molecule has 9 heteroatoms. The number of nitrogens with two attached hydrogens (primary N) is 1. The normalized spacial score (nSPS) is 12.9. The van der Waals surface area contributed by atoms with Crippen LogP contribution in [-0.4, -0.2) is 56.6 Å². The molecule has 112 valence electrons. The van der Waals surface area contributed by atoms with Crippen molar-refractivity contribution in [3.8, 4) is 0 Å². The van der Waals surface area contributed by atoms with Gasteiger partial charge >= 0.3 is 12.1 Å². The first-order valence-corrected chi connectivity index (χ1v) is 6.89. The number of ether oxygens (including phenoxy) is 2. The monoisotopic (exact) mass is 296 g/mol. The molecule has 0 aromatic rings. The Balaban J connectivity index is 4.94. The van der Waals surface area contributed by atoms with Crippen molar-refractivity contribution in [1.29, 1.82) is 0 Å². The Hall–Kier alpha value is -1.35. The van der Waals surface area contributed by atoms with Crippen molar-refractivity contribution in [3.63, 3.8) is 0 Å². The van der Waals surface area contributed by atoms with Crippen molar-refractivity contribution in [3.05, 3.63) is 0 Å². The molecule has 0 saturated carbocycles. The van der Waals surface area contributed by atoms with Crippen LogP contribution in [0.15, 0.2) is 0 Å². The van der Waals surface area contributed by atoms with Crippen molar-refractivity contribution < 1.29 is 27.5 Å². The van der Waals surface area contributed by atoms with Gasteiger partial charge in [0, 0.05) is 6.54 Å². The molecule has 0 fully saturated rings. The maximum atomic E-state index is 11.9. The van der Waals surface area contributed by atoms with Crippen molar-refractivity contribution in [1.82, 2.24) is 4.90 Å². The predicted octanol–water partition coefficient (Wildman–Crippen LogP) is -0.707. The number of esters is 1. The van der Waals surface area contributed by atoms with Gasteiger partial charge in [-0.3, -0.25) is 4.90 Å². The molecule has 1 unspecified atom stereocenters. The van der Waals surface area contributed by atoms with Gasteiger partial charge in [-0.2, -0.15) is 0 Å². The molecule has 0 bridgehead atoms. The summed E-state index contributed by atoms with van der Waals surface area (Å²) in [5, 5.41) is 0. The molecule has 0 aliphatic heterocycles. The van der Waals surface area contributed by atoms with Gasteiger partial charge in [0.2, 0.25) is 0 Å². The quantitative estimate of drug-likeness (QED) is 0.391. The SMILES string of the molecule is COC(=O)C(N)N(CC[SH](=O)=O)C(=O)OC(C)(C)C. The first-order valence-electron chi connectivity index (χ1n) is 5.53. The van der Waals surface area contributed by atoms with Crippen molar-refractivity contribution in [2.24, 2.45) is 5.73 Å². The van der Waals surface area contributed by atoms with E-state index in [0.717, 1.165) is 12.0 Å². The molecule has 0 heterocycles. The third-order valence-corrected chi connectivity index (χ3v) is 2.50. The Kier molecular flexibility index (Phi) is 6.77. The summed E-state index contributed by atoms with van der Waals surface area (Å²) >= 11 is 0. The number of carbonyl (C=O) groups is 2. The van der Waals surface area contributed by atoms with E-state index in [1.165, 1.54) is 0 Å². The summed E-state index contributed by atoms with van der Waals surface area (Å²) in [6.45, 7) is 4.67.